The minimum atomic E-state index is -4.65. The first-order valence-corrected chi connectivity index (χ1v) is 11.5. The fourth-order valence-electron chi connectivity index (χ4n) is 4.50. The van der Waals surface area contributed by atoms with Gasteiger partial charge in [-0.1, -0.05) is 0 Å². The zero-order valence-electron chi connectivity index (χ0n) is 20.1. The van der Waals surface area contributed by atoms with Gasteiger partial charge in [0.05, 0.1) is 34.2 Å². The molecule has 4 heterocycles. The molecule has 4 aromatic rings. The number of likely N-dealkylation sites (N-methyl/N-ethyl adjacent to an activating group) is 1. The molecule has 8 nitrogen and oxygen atoms in total. The van der Waals surface area contributed by atoms with E-state index in [2.05, 4.69) is 20.3 Å². The molecule has 1 aromatic carbocycles. The number of amides is 1. The molecular weight excluding hydrogens is 473 g/mol. The van der Waals surface area contributed by atoms with E-state index >= 15 is 0 Å². The van der Waals surface area contributed by atoms with Crippen molar-refractivity contribution in [2.24, 2.45) is 7.05 Å². The molecule has 1 N–H and O–H groups in total. The quantitative estimate of drug-likeness (QED) is 0.445. The zero-order chi connectivity index (χ0) is 25.6. The number of carbonyl (C=O) groups is 1. The number of nitrogens with zero attached hydrogens (tertiary/aromatic N) is 5. The summed E-state index contributed by atoms with van der Waals surface area (Å²) in [5.41, 5.74) is 0.770. The summed E-state index contributed by atoms with van der Waals surface area (Å²) < 4.78 is 49.2. The Kier molecular flexibility index (Phi) is 5.95. The van der Waals surface area contributed by atoms with Crippen molar-refractivity contribution in [2.75, 3.05) is 43.4 Å². The Morgan fingerprint density at radius 3 is 2.50 bits per heavy atom. The number of benzene rings is 1. The van der Waals surface area contributed by atoms with Crippen molar-refractivity contribution in [3.05, 3.63) is 59.5 Å². The molecule has 3 aromatic heterocycles. The van der Waals surface area contributed by atoms with E-state index in [1.165, 1.54) is 23.1 Å². The molecule has 1 fully saturated rings. The number of hydrogen-bond donors (Lipinski definition) is 1. The second-order valence-corrected chi connectivity index (χ2v) is 8.91. The number of pyridine rings is 1. The molecule has 36 heavy (non-hydrogen) atoms. The average Bonchev–Trinajstić information content (AvgIpc) is 3.47. The number of alkyl halides is 3. The van der Waals surface area contributed by atoms with Crippen LogP contribution < -0.4 is 10.2 Å². The maximum Gasteiger partial charge on any atom is 0.418 e. The highest BCUT2D eigenvalue weighted by atomic mass is 19.4. The van der Waals surface area contributed by atoms with Crippen molar-refractivity contribution in [2.45, 2.75) is 13.1 Å². The van der Waals surface area contributed by atoms with Gasteiger partial charge in [-0.05, 0) is 50.4 Å². The first-order chi connectivity index (χ1) is 17.1. The Balaban J connectivity index is 1.54. The second-order valence-electron chi connectivity index (χ2n) is 8.91. The van der Waals surface area contributed by atoms with Crippen LogP contribution in [0.5, 0.6) is 0 Å². The summed E-state index contributed by atoms with van der Waals surface area (Å²) in [7, 11) is 3.67. The molecule has 0 saturated carbocycles. The van der Waals surface area contributed by atoms with Gasteiger partial charge in [-0.2, -0.15) is 18.3 Å². The maximum absolute atomic E-state index is 14.1. The third-order valence-corrected chi connectivity index (χ3v) is 6.41. The van der Waals surface area contributed by atoms with Crippen LogP contribution >= 0.6 is 0 Å². The Hall–Kier alpha value is -3.86. The van der Waals surface area contributed by atoms with E-state index in [4.69, 9.17) is 4.42 Å². The van der Waals surface area contributed by atoms with Gasteiger partial charge in [0.15, 0.2) is 11.4 Å². The molecular formula is C25H25F3N6O2. The average molecular weight is 499 g/mol. The third-order valence-electron chi connectivity index (χ3n) is 6.41. The zero-order valence-corrected chi connectivity index (χ0v) is 20.1. The number of nitrogens with one attached hydrogen (secondary N) is 1. The molecule has 0 bridgehead atoms. The summed E-state index contributed by atoms with van der Waals surface area (Å²) in [6, 6.07) is 8.92. The van der Waals surface area contributed by atoms with E-state index in [9.17, 15) is 18.0 Å². The van der Waals surface area contributed by atoms with E-state index in [1.807, 2.05) is 11.9 Å². The predicted molar refractivity (Wildman–Crippen MR) is 130 cm³/mol. The number of furan rings is 1. The van der Waals surface area contributed by atoms with Crippen molar-refractivity contribution in [3.8, 4) is 11.5 Å². The molecule has 1 aliphatic rings. The molecule has 0 unspecified atom stereocenters. The minimum absolute atomic E-state index is 0.160. The summed E-state index contributed by atoms with van der Waals surface area (Å²) in [6.07, 6.45) is -3.17. The van der Waals surface area contributed by atoms with Crippen molar-refractivity contribution in [1.82, 2.24) is 19.7 Å². The Bertz CT molecular complexity index is 1420. The van der Waals surface area contributed by atoms with E-state index in [1.54, 1.807) is 32.2 Å². The van der Waals surface area contributed by atoms with Gasteiger partial charge in [0.1, 0.15) is 5.69 Å². The molecule has 0 spiro atoms. The molecule has 1 amide bonds. The van der Waals surface area contributed by atoms with Gasteiger partial charge < -0.3 is 19.5 Å². The Labute approximate surface area is 205 Å². The number of piperazine rings is 1. The van der Waals surface area contributed by atoms with Crippen LogP contribution in [0.1, 0.15) is 21.6 Å². The third kappa shape index (κ3) is 4.41. The van der Waals surface area contributed by atoms with Gasteiger partial charge in [-0.15, -0.1) is 0 Å². The lowest BCUT2D eigenvalue weighted by Crippen LogP contribution is -2.44. The molecule has 1 aliphatic heterocycles. The van der Waals surface area contributed by atoms with Crippen molar-refractivity contribution >= 4 is 28.3 Å². The number of halogens is 3. The van der Waals surface area contributed by atoms with Gasteiger partial charge in [0.25, 0.3) is 5.91 Å². The van der Waals surface area contributed by atoms with Gasteiger partial charge in [-0.3, -0.25) is 9.48 Å². The van der Waals surface area contributed by atoms with Crippen LogP contribution in [-0.2, 0) is 13.2 Å². The van der Waals surface area contributed by atoms with Crippen LogP contribution in [0.3, 0.4) is 0 Å². The fraction of sp³-hybridized carbons (Fsp3) is 0.320. The standard InChI is InChI=1S/C25H25F3N6O2/c1-15-22-17(14-20(21-5-4-12-36-21)29-23(22)33(3)31-15)24(35)30-19-7-6-16(13-18(19)25(26,27)28)34-10-8-32(2)9-11-34/h4-7,12-14H,8-11H2,1-3H3,(H,30,35). The molecule has 0 aliphatic carbocycles. The molecule has 5 rings (SSSR count). The summed E-state index contributed by atoms with van der Waals surface area (Å²) in [4.78, 5) is 22.0. The summed E-state index contributed by atoms with van der Waals surface area (Å²) >= 11 is 0. The lowest BCUT2D eigenvalue weighted by molar-refractivity contribution is -0.136. The summed E-state index contributed by atoms with van der Waals surface area (Å²) in [5.74, 6) is -0.263. The molecule has 11 heteroatoms. The molecule has 0 radical (unpaired) electrons. The lowest BCUT2D eigenvalue weighted by Gasteiger charge is -2.34. The molecule has 0 atom stereocenters. The van der Waals surface area contributed by atoms with Crippen LogP contribution in [0.25, 0.3) is 22.5 Å². The highest BCUT2D eigenvalue weighted by Gasteiger charge is 2.35. The fourth-order valence-corrected chi connectivity index (χ4v) is 4.50. The van der Waals surface area contributed by atoms with E-state index in [0.717, 1.165) is 19.2 Å². The van der Waals surface area contributed by atoms with E-state index in [0.29, 0.717) is 47.0 Å². The monoisotopic (exact) mass is 498 g/mol. The van der Waals surface area contributed by atoms with Gasteiger partial charge in [0, 0.05) is 38.9 Å². The first-order valence-electron chi connectivity index (χ1n) is 11.5. The number of aromatic nitrogens is 3. The summed E-state index contributed by atoms with van der Waals surface area (Å²) in [6.45, 7) is 4.51. The van der Waals surface area contributed by atoms with Crippen LogP contribution in [-0.4, -0.2) is 58.8 Å². The predicted octanol–water partition coefficient (Wildman–Crippen LogP) is 4.56. The van der Waals surface area contributed by atoms with E-state index < -0.39 is 17.6 Å². The highest BCUT2D eigenvalue weighted by Crippen LogP contribution is 2.38. The highest BCUT2D eigenvalue weighted by molar-refractivity contribution is 6.13. The van der Waals surface area contributed by atoms with Crippen molar-refractivity contribution in [1.29, 1.82) is 0 Å². The van der Waals surface area contributed by atoms with Gasteiger partial charge in [-0.25, -0.2) is 4.98 Å². The lowest BCUT2D eigenvalue weighted by atomic mass is 10.1. The van der Waals surface area contributed by atoms with Gasteiger partial charge >= 0.3 is 6.18 Å². The second kappa shape index (κ2) is 8.98. The number of fused-ring (bicyclic) bond motifs is 1. The van der Waals surface area contributed by atoms with Crippen LogP contribution in [0.4, 0.5) is 24.5 Å². The molecule has 188 valence electrons. The van der Waals surface area contributed by atoms with Crippen LogP contribution in [0.2, 0.25) is 0 Å². The number of rotatable bonds is 4. The van der Waals surface area contributed by atoms with Crippen LogP contribution in [0.15, 0.2) is 47.1 Å². The van der Waals surface area contributed by atoms with Crippen molar-refractivity contribution in [3.63, 3.8) is 0 Å². The summed E-state index contributed by atoms with van der Waals surface area (Å²) in [5, 5.41) is 7.30. The van der Waals surface area contributed by atoms with Crippen LogP contribution in [0, 0.1) is 6.92 Å². The van der Waals surface area contributed by atoms with Crippen molar-refractivity contribution < 1.29 is 22.4 Å². The van der Waals surface area contributed by atoms with E-state index in [-0.39, 0.29) is 11.3 Å². The first kappa shape index (κ1) is 23.9. The normalized spacial score (nSPS) is 15.0. The number of aryl methyl sites for hydroxylation is 2. The topological polar surface area (TPSA) is 79.4 Å². The maximum atomic E-state index is 14.1. The number of carbonyl (C=O) groups excluding carboxylic acids is 1. The minimum Gasteiger partial charge on any atom is -0.463 e. The number of hydrogen-bond acceptors (Lipinski definition) is 6. The SMILES string of the molecule is Cc1nn(C)c2nc(-c3ccco3)cc(C(=O)Nc3ccc(N4CCN(C)CC4)cc3C(F)(F)F)c12. The Morgan fingerprint density at radius 1 is 1.08 bits per heavy atom. The smallest absolute Gasteiger partial charge is 0.418 e. The Morgan fingerprint density at radius 2 is 1.83 bits per heavy atom. The number of anilines is 2. The van der Waals surface area contributed by atoms with Gasteiger partial charge in [0.2, 0.25) is 0 Å². The largest absolute Gasteiger partial charge is 0.463 e. The molecule has 1 saturated heterocycles.